The molecule has 0 radical (unpaired) electrons. The minimum Gasteiger partial charge on any atom is -0.383 e. The van der Waals surface area contributed by atoms with E-state index in [2.05, 4.69) is 14.7 Å². The second-order valence-electron chi connectivity index (χ2n) is 3.95. The van der Waals surface area contributed by atoms with Gasteiger partial charge in [-0.1, -0.05) is 6.92 Å². The summed E-state index contributed by atoms with van der Waals surface area (Å²) in [5, 5.41) is 0.0830. The molecular weight excluding hydrogens is 256 g/mol. The molecule has 0 saturated carbocycles. The van der Waals surface area contributed by atoms with Gasteiger partial charge >= 0.3 is 0 Å². The third kappa shape index (κ3) is 4.37. The lowest BCUT2D eigenvalue weighted by Gasteiger charge is -2.10. The van der Waals surface area contributed by atoms with Crippen LogP contribution in [-0.2, 0) is 21.2 Å². The number of sulfonamides is 1. The first-order valence-corrected chi connectivity index (χ1v) is 7.26. The zero-order valence-corrected chi connectivity index (χ0v) is 11.5. The highest BCUT2D eigenvalue weighted by molar-refractivity contribution is 7.89. The van der Waals surface area contributed by atoms with E-state index in [-0.39, 0.29) is 17.6 Å². The molecule has 1 heterocycles. The van der Waals surface area contributed by atoms with E-state index in [1.807, 2.05) is 6.92 Å². The van der Waals surface area contributed by atoms with Gasteiger partial charge in [-0.2, -0.15) is 0 Å². The standard InChI is InChI=1S/C10H20N4O3S/c1-3-9-12-6-10(14-9)18(15,16)13-5-4-8(11)7-17-2/h6,8,13H,3-5,7,11H2,1-2H3,(H,12,14). The molecule has 0 aliphatic heterocycles. The molecule has 0 aliphatic carbocycles. The highest BCUT2D eigenvalue weighted by Crippen LogP contribution is 2.05. The van der Waals surface area contributed by atoms with Crippen molar-refractivity contribution < 1.29 is 13.2 Å². The second-order valence-corrected chi connectivity index (χ2v) is 5.68. The number of H-pyrrole nitrogens is 1. The van der Waals surface area contributed by atoms with Gasteiger partial charge in [0.25, 0.3) is 10.0 Å². The quantitative estimate of drug-likeness (QED) is 0.599. The number of rotatable bonds is 8. The number of methoxy groups -OCH3 is 1. The summed E-state index contributed by atoms with van der Waals surface area (Å²) in [5.74, 6) is 0.645. The van der Waals surface area contributed by atoms with Gasteiger partial charge in [-0.3, -0.25) is 0 Å². The van der Waals surface area contributed by atoms with Crippen LogP contribution < -0.4 is 10.5 Å². The zero-order valence-electron chi connectivity index (χ0n) is 10.6. The van der Waals surface area contributed by atoms with Crippen LogP contribution >= 0.6 is 0 Å². The van der Waals surface area contributed by atoms with Gasteiger partial charge in [0.1, 0.15) is 5.82 Å². The van der Waals surface area contributed by atoms with E-state index in [9.17, 15) is 8.42 Å². The van der Waals surface area contributed by atoms with E-state index < -0.39 is 10.0 Å². The second kappa shape index (κ2) is 6.83. The minimum absolute atomic E-state index is 0.0830. The fourth-order valence-corrected chi connectivity index (χ4v) is 2.40. The summed E-state index contributed by atoms with van der Waals surface area (Å²) in [6.45, 7) is 2.57. The van der Waals surface area contributed by atoms with E-state index >= 15 is 0 Å². The van der Waals surface area contributed by atoms with Crippen molar-refractivity contribution >= 4 is 10.0 Å². The van der Waals surface area contributed by atoms with Crippen LogP contribution in [0.25, 0.3) is 0 Å². The SMILES string of the molecule is CCc1ncc(S(=O)(=O)NCCC(N)COC)[nH]1. The molecule has 0 saturated heterocycles. The number of ether oxygens (including phenoxy) is 1. The topological polar surface area (TPSA) is 110 Å². The van der Waals surface area contributed by atoms with E-state index in [1.165, 1.54) is 6.20 Å². The Morgan fingerprint density at radius 3 is 2.89 bits per heavy atom. The molecule has 1 rings (SSSR count). The summed E-state index contributed by atoms with van der Waals surface area (Å²) < 4.78 is 31.0. The molecule has 1 atom stereocenters. The van der Waals surface area contributed by atoms with Crippen molar-refractivity contribution in [3.05, 3.63) is 12.0 Å². The van der Waals surface area contributed by atoms with Gasteiger partial charge in [-0.05, 0) is 6.42 Å². The average Bonchev–Trinajstić information content (AvgIpc) is 2.78. The van der Waals surface area contributed by atoms with Gasteiger partial charge < -0.3 is 15.5 Å². The zero-order chi connectivity index (χ0) is 13.6. The molecule has 0 aliphatic rings. The van der Waals surface area contributed by atoms with Crippen LogP contribution in [0.5, 0.6) is 0 Å². The van der Waals surface area contributed by atoms with Gasteiger partial charge in [0.15, 0.2) is 5.03 Å². The predicted octanol–water partition coefficient (Wildman–Crippen LogP) is -0.386. The fourth-order valence-electron chi connectivity index (χ4n) is 1.41. The maximum atomic E-state index is 11.8. The largest absolute Gasteiger partial charge is 0.383 e. The number of nitrogens with two attached hydrogens (primary N) is 1. The van der Waals surface area contributed by atoms with Crippen molar-refractivity contribution in [1.82, 2.24) is 14.7 Å². The van der Waals surface area contributed by atoms with Crippen molar-refractivity contribution in [2.75, 3.05) is 20.3 Å². The van der Waals surface area contributed by atoms with Crippen molar-refractivity contribution in [2.24, 2.45) is 5.73 Å². The average molecular weight is 276 g/mol. The lowest BCUT2D eigenvalue weighted by atomic mass is 10.2. The number of nitrogens with one attached hydrogen (secondary N) is 2. The molecule has 1 aromatic heterocycles. The Balaban J connectivity index is 2.50. The maximum absolute atomic E-state index is 11.8. The molecule has 8 heteroatoms. The van der Waals surface area contributed by atoms with Crippen molar-refractivity contribution in [3.8, 4) is 0 Å². The highest BCUT2D eigenvalue weighted by Gasteiger charge is 2.16. The summed E-state index contributed by atoms with van der Waals surface area (Å²) in [4.78, 5) is 6.70. The fraction of sp³-hybridized carbons (Fsp3) is 0.700. The lowest BCUT2D eigenvalue weighted by Crippen LogP contribution is -2.33. The van der Waals surface area contributed by atoms with Crippen LogP contribution in [-0.4, -0.2) is 44.7 Å². The first kappa shape index (κ1) is 15.1. The number of hydrogen-bond acceptors (Lipinski definition) is 5. The van der Waals surface area contributed by atoms with Crippen molar-refractivity contribution in [1.29, 1.82) is 0 Å². The molecule has 0 amide bonds. The molecule has 1 aromatic rings. The highest BCUT2D eigenvalue weighted by atomic mass is 32.2. The number of aromatic nitrogens is 2. The van der Waals surface area contributed by atoms with Gasteiger partial charge in [-0.15, -0.1) is 0 Å². The smallest absolute Gasteiger partial charge is 0.257 e. The first-order valence-electron chi connectivity index (χ1n) is 5.77. The Kier molecular flexibility index (Phi) is 5.73. The molecule has 4 N–H and O–H groups in total. The Morgan fingerprint density at radius 2 is 2.33 bits per heavy atom. The molecular formula is C10H20N4O3S. The normalized spacial score (nSPS) is 13.7. The molecule has 0 spiro atoms. The van der Waals surface area contributed by atoms with Crippen LogP contribution in [0.1, 0.15) is 19.2 Å². The minimum atomic E-state index is -3.52. The Bertz CT molecular complexity index is 457. The number of imidazole rings is 1. The number of hydrogen-bond donors (Lipinski definition) is 3. The summed E-state index contributed by atoms with van der Waals surface area (Å²) >= 11 is 0. The summed E-state index contributed by atoms with van der Waals surface area (Å²) in [6, 6.07) is -0.175. The van der Waals surface area contributed by atoms with E-state index in [1.54, 1.807) is 7.11 Å². The van der Waals surface area contributed by atoms with Gasteiger partial charge in [0, 0.05) is 26.1 Å². The molecule has 0 bridgehead atoms. The third-order valence-electron chi connectivity index (χ3n) is 2.42. The van der Waals surface area contributed by atoms with E-state index in [0.29, 0.717) is 25.3 Å². The molecule has 0 fully saturated rings. The van der Waals surface area contributed by atoms with Gasteiger partial charge in [0.05, 0.1) is 12.8 Å². The van der Waals surface area contributed by atoms with Crippen LogP contribution in [0.3, 0.4) is 0 Å². The number of nitrogens with zero attached hydrogens (tertiary/aromatic N) is 1. The maximum Gasteiger partial charge on any atom is 0.257 e. The van der Waals surface area contributed by atoms with E-state index in [4.69, 9.17) is 10.5 Å². The Labute approximate surface area is 107 Å². The molecule has 7 nitrogen and oxygen atoms in total. The van der Waals surface area contributed by atoms with Crippen molar-refractivity contribution in [2.45, 2.75) is 30.8 Å². The third-order valence-corrected chi connectivity index (χ3v) is 3.79. The van der Waals surface area contributed by atoms with Crippen LogP contribution in [0.15, 0.2) is 11.2 Å². The number of aryl methyl sites for hydroxylation is 1. The van der Waals surface area contributed by atoms with E-state index in [0.717, 1.165) is 0 Å². The van der Waals surface area contributed by atoms with Crippen LogP contribution in [0.2, 0.25) is 0 Å². The predicted molar refractivity (Wildman–Crippen MR) is 67.6 cm³/mol. The summed E-state index contributed by atoms with van der Waals surface area (Å²) in [5.41, 5.74) is 5.70. The van der Waals surface area contributed by atoms with Crippen LogP contribution in [0.4, 0.5) is 0 Å². The Morgan fingerprint density at radius 1 is 1.61 bits per heavy atom. The molecule has 18 heavy (non-hydrogen) atoms. The molecule has 0 aromatic carbocycles. The van der Waals surface area contributed by atoms with Crippen molar-refractivity contribution in [3.63, 3.8) is 0 Å². The number of aromatic amines is 1. The lowest BCUT2D eigenvalue weighted by molar-refractivity contribution is 0.177. The first-order chi connectivity index (χ1) is 8.49. The summed E-state index contributed by atoms with van der Waals surface area (Å²) in [7, 11) is -1.97. The van der Waals surface area contributed by atoms with Crippen LogP contribution in [0, 0.1) is 0 Å². The van der Waals surface area contributed by atoms with Gasteiger partial charge in [-0.25, -0.2) is 18.1 Å². The van der Waals surface area contributed by atoms with Gasteiger partial charge in [0.2, 0.25) is 0 Å². The Hall–Kier alpha value is -0.960. The molecule has 1 unspecified atom stereocenters. The molecule has 104 valence electrons. The summed E-state index contributed by atoms with van der Waals surface area (Å²) in [6.07, 6.45) is 2.49. The monoisotopic (exact) mass is 276 g/mol.